The SMILES string of the molecule is CCCCCCCCCCCCCCCCCC(=O)OC(OC(=O)CCCCCCC)C(=O)O.[Ca+2].[H-].[H-]. The third-order valence-corrected chi connectivity index (χ3v) is 6.15. The molecule has 1 atom stereocenters. The van der Waals surface area contributed by atoms with Gasteiger partial charge in [-0.25, -0.2) is 4.79 Å². The van der Waals surface area contributed by atoms with Gasteiger partial charge < -0.3 is 17.4 Å². The molecule has 0 spiro atoms. The van der Waals surface area contributed by atoms with Gasteiger partial charge in [0.1, 0.15) is 0 Å². The molecule has 0 heterocycles. The van der Waals surface area contributed by atoms with Gasteiger partial charge in [0.05, 0.1) is 0 Å². The summed E-state index contributed by atoms with van der Waals surface area (Å²) in [7, 11) is 0. The standard InChI is InChI=1S/C28H52O6.Ca.2H/c1-3-5-7-9-10-11-12-13-14-15-16-17-18-20-22-24-26(30)34-28(27(31)32)33-25(29)23-21-19-8-6-4-2;;;/h28H,3-24H2,1-2H3,(H,31,32);;;/q;+2;2*-1. The molecule has 1 N–H and O–H groups in total. The van der Waals surface area contributed by atoms with E-state index >= 15 is 0 Å². The van der Waals surface area contributed by atoms with E-state index in [9.17, 15) is 14.4 Å². The maximum atomic E-state index is 11.9. The first-order chi connectivity index (χ1) is 16.5. The van der Waals surface area contributed by atoms with Gasteiger partial charge in [-0.05, 0) is 12.8 Å². The normalized spacial score (nSPS) is 11.5. The Kier molecular flexibility index (Phi) is 29.7. The number of unbranched alkanes of at least 4 members (excludes halogenated alkanes) is 18. The molecule has 0 aromatic carbocycles. The Balaban J connectivity index is -0.00000181. The summed E-state index contributed by atoms with van der Waals surface area (Å²) in [4.78, 5) is 35.0. The fraction of sp³-hybridized carbons (Fsp3) is 0.893. The van der Waals surface area contributed by atoms with Gasteiger partial charge in [-0.3, -0.25) is 9.59 Å². The summed E-state index contributed by atoms with van der Waals surface area (Å²) in [6.07, 6.45) is 21.8. The van der Waals surface area contributed by atoms with Gasteiger partial charge in [0.25, 0.3) is 0 Å². The molecule has 7 heteroatoms. The average molecular weight is 527 g/mol. The topological polar surface area (TPSA) is 89.9 Å². The van der Waals surface area contributed by atoms with Crippen LogP contribution in [0.1, 0.15) is 158 Å². The Morgan fingerprint density at radius 1 is 0.543 bits per heavy atom. The molecule has 0 aliphatic rings. The minimum absolute atomic E-state index is 0. The molecular weight excluding hydrogens is 472 g/mol. The number of carbonyl (C=O) groups excluding carboxylic acids is 2. The molecule has 0 aliphatic carbocycles. The third-order valence-electron chi connectivity index (χ3n) is 6.15. The zero-order valence-electron chi connectivity index (χ0n) is 24.8. The van der Waals surface area contributed by atoms with E-state index in [0.717, 1.165) is 38.5 Å². The van der Waals surface area contributed by atoms with Gasteiger partial charge in [-0.2, -0.15) is 0 Å². The van der Waals surface area contributed by atoms with Crippen molar-refractivity contribution < 1.29 is 31.8 Å². The van der Waals surface area contributed by atoms with Gasteiger partial charge in [-0.1, -0.05) is 129 Å². The second-order valence-electron chi connectivity index (χ2n) is 9.51. The van der Waals surface area contributed by atoms with Crippen molar-refractivity contribution in [1.82, 2.24) is 0 Å². The van der Waals surface area contributed by atoms with Crippen molar-refractivity contribution >= 4 is 55.6 Å². The van der Waals surface area contributed by atoms with Crippen molar-refractivity contribution in [1.29, 1.82) is 0 Å². The van der Waals surface area contributed by atoms with Crippen LogP contribution in [0.2, 0.25) is 0 Å². The van der Waals surface area contributed by atoms with Gasteiger partial charge in [0, 0.05) is 12.8 Å². The number of hydrogen-bond acceptors (Lipinski definition) is 5. The first kappa shape index (κ1) is 36.8. The monoisotopic (exact) mass is 526 g/mol. The Hall–Kier alpha value is -0.330. The van der Waals surface area contributed by atoms with Crippen LogP contribution in [-0.4, -0.2) is 67.0 Å². The fourth-order valence-electron chi connectivity index (χ4n) is 4.00. The van der Waals surface area contributed by atoms with Crippen molar-refractivity contribution in [3.05, 3.63) is 0 Å². The number of esters is 2. The van der Waals surface area contributed by atoms with E-state index in [0.29, 0.717) is 12.8 Å². The molecule has 0 aromatic heterocycles. The molecule has 0 amide bonds. The maximum Gasteiger partial charge on any atom is 2.00 e. The zero-order chi connectivity index (χ0) is 25.3. The van der Waals surface area contributed by atoms with E-state index in [1.165, 1.54) is 77.0 Å². The summed E-state index contributed by atoms with van der Waals surface area (Å²) in [5.41, 5.74) is 0. The molecule has 0 saturated carbocycles. The molecular formula is C28H54CaO6. The molecule has 0 radical (unpaired) electrons. The Morgan fingerprint density at radius 3 is 1.06 bits per heavy atom. The second-order valence-corrected chi connectivity index (χ2v) is 9.51. The van der Waals surface area contributed by atoms with Crippen LogP contribution >= 0.6 is 0 Å². The van der Waals surface area contributed by atoms with E-state index in [1.807, 2.05) is 0 Å². The smallest absolute Gasteiger partial charge is 1.00 e. The summed E-state index contributed by atoms with van der Waals surface area (Å²) in [6, 6.07) is 0. The fourth-order valence-corrected chi connectivity index (χ4v) is 4.00. The summed E-state index contributed by atoms with van der Waals surface area (Å²) in [5.74, 6) is -2.72. The van der Waals surface area contributed by atoms with Gasteiger partial charge in [0.15, 0.2) is 0 Å². The van der Waals surface area contributed by atoms with Gasteiger partial charge in [0.2, 0.25) is 0 Å². The van der Waals surface area contributed by atoms with Crippen molar-refractivity contribution in [2.45, 2.75) is 161 Å². The van der Waals surface area contributed by atoms with E-state index in [-0.39, 0.29) is 53.4 Å². The third kappa shape index (κ3) is 26.5. The molecule has 0 saturated heterocycles. The number of hydrogen-bond donors (Lipinski definition) is 1. The summed E-state index contributed by atoms with van der Waals surface area (Å²) >= 11 is 0. The number of carboxylic acids is 1. The summed E-state index contributed by atoms with van der Waals surface area (Å²) in [5, 5.41) is 9.16. The van der Waals surface area contributed by atoms with Gasteiger partial charge in [-0.15, -0.1) is 0 Å². The number of aliphatic carboxylic acids is 1. The minimum atomic E-state index is -1.84. The Bertz CT molecular complexity index is 523. The number of rotatable bonds is 25. The first-order valence-electron chi connectivity index (χ1n) is 14.1. The van der Waals surface area contributed by atoms with E-state index in [2.05, 4.69) is 13.8 Å². The van der Waals surface area contributed by atoms with Crippen LogP contribution in [-0.2, 0) is 23.9 Å². The van der Waals surface area contributed by atoms with Crippen molar-refractivity contribution in [2.24, 2.45) is 0 Å². The molecule has 1 unspecified atom stereocenters. The van der Waals surface area contributed by atoms with Crippen LogP contribution in [0.15, 0.2) is 0 Å². The molecule has 0 aliphatic heterocycles. The largest absolute Gasteiger partial charge is 2.00 e. The molecule has 204 valence electrons. The number of carbonyl (C=O) groups is 3. The van der Waals surface area contributed by atoms with Crippen LogP contribution < -0.4 is 0 Å². The van der Waals surface area contributed by atoms with Crippen molar-refractivity contribution in [3.63, 3.8) is 0 Å². The van der Waals surface area contributed by atoms with Crippen LogP contribution in [0.4, 0.5) is 0 Å². The molecule has 0 bridgehead atoms. The molecule has 0 aromatic rings. The first-order valence-corrected chi connectivity index (χ1v) is 14.1. The Labute approximate surface area is 247 Å². The molecule has 0 fully saturated rings. The van der Waals surface area contributed by atoms with Gasteiger partial charge >= 0.3 is 61.9 Å². The second kappa shape index (κ2) is 28.2. The number of ether oxygens (including phenoxy) is 2. The van der Waals surface area contributed by atoms with Crippen LogP contribution in [0, 0.1) is 0 Å². The number of carboxylic acid groups (broad SMARTS) is 1. The van der Waals surface area contributed by atoms with Crippen molar-refractivity contribution in [3.8, 4) is 0 Å². The zero-order valence-corrected chi connectivity index (χ0v) is 25.0. The summed E-state index contributed by atoms with van der Waals surface area (Å²) < 4.78 is 9.70. The van der Waals surface area contributed by atoms with Crippen molar-refractivity contribution in [2.75, 3.05) is 0 Å². The molecule has 6 nitrogen and oxygen atoms in total. The van der Waals surface area contributed by atoms with Crippen LogP contribution in [0.25, 0.3) is 0 Å². The van der Waals surface area contributed by atoms with E-state index < -0.39 is 24.2 Å². The molecule has 0 rings (SSSR count). The maximum absolute atomic E-state index is 11.9. The van der Waals surface area contributed by atoms with Crippen LogP contribution in [0.5, 0.6) is 0 Å². The Morgan fingerprint density at radius 2 is 0.800 bits per heavy atom. The predicted octanol–water partition coefficient (Wildman–Crippen LogP) is 7.95. The predicted molar refractivity (Wildman–Crippen MR) is 145 cm³/mol. The van der Waals surface area contributed by atoms with E-state index in [4.69, 9.17) is 14.6 Å². The molecule has 35 heavy (non-hydrogen) atoms. The summed E-state index contributed by atoms with van der Waals surface area (Å²) in [6.45, 7) is 4.36. The minimum Gasteiger partial charge on any atom is -1.00 e. The quantitative estimate of drug-likeness (QED) is 0.0562. The van der Waals surface area contributed by atoms with Crippen LogP contribution in [0.3, 0.4) is 0 Å². The van der Waals surface area contributed by atoms with E-state index in [1.54, 1.807) is 0 Å². The average Bonchev–Trinajstić information content (AvgIpc) is 2.81.